The molecule has 0 spiro atoms. The molecule has 0 bridgehead atoms. The highest BCUT2D eigenvalue weighted by Gasteiger charge is 2.07. The first-order chi connectivity index (χ1) is 14.3. The van der Waals surface area contributed by atoms with Crippen LogP contribution >= 0.6 is 11.3 Å². The number of hydrogen-bond acceptors (Lipinski definition) is 6. The van der Waals surface area contributed by atoms with Crippen molar-refractivity contribution in [2.75, 3.05) is 18.9 Å². The van der Waals surface area contributed by atoms with Gasteiger partial charge in [0.1, 0.15) is 5.82 Å². The number of hydrogen-bond donors (Lipinski definition) is 1. The molecule has 29 heavy (non-hydrogen) atoms. The van der Waals surface area contributed by atoms with Crippen molar-refractivity contribution in [3.63, 3.8) is 0 Å². The van der Waals surface area contributed by atoms with E-state index in [-0.39, 0.29) is 0 Å². The van der Waals surface area contributed by atoms with Crippen LogP contribution in [0.2, 0.25) is 0 Å². The Balaban J connectivity index is 1.35. The molecule has 0 radical (unpaired) electrons. The van der Waals surface area contributed by atoms with Crippen LogP contribution in [0, 0.1) is 0 Å². The number of benzene rings is 1. The van der Waals surface area contributed by atoms with E-state index in [1.165, 1.54) is 11.1 Å². The van der Waals surface area contributed by atoms with Gasteiger partial charge >= 0.3 is 0 Å². The lowest BCUT2D eigenvalue weighted by atomic mass is 10.2. The van der Waals surface area contributed by atoms with Crippen LogP contribution in [0.5, 0.6) is 0 Å². The van der Waals surface area contributed by atoms with Crippen LogP contribution in [-0.2, 0) is 13.0 Å². The fraction of sp³-hybridized carbons (Fsp3) is 0.174. The van der Waals surface area contributed by atoms with Crippen molar-refractivity contribution in [1.29, 1.82) is 0 Å². The molecule has 0 amide bonds. The lowest BCUT2D eigenvalue weighted by Crippen LogP contribution is -2.21. The third-order valence-corrected chi connectivity index (χ3v) is 5.51. The van der Waals surface area contributed by atoms with E-state index < -0.39 is 0 Å². The number of likely N-dealkylation sites (N-methyl/N-ethyl adjacent to an activating group) is 1. The second-order valence-corrected chi connectivity index (χ2v) is 7.91. The summed E-state index contributed by atoms with van der Waals surface area (Å²) in [5.41, 5.74) is 3.51. The summed E-state index contributed by atoms with van der Waals surface area (Å²) in [6.45, 7) is 1.81. The van der Waals surface area contributed by atoms with Gasteiger partial charge in [-0.15, -0.1) is 0 Å². The summed E-state index contributed by atoms with van der Waals surface area (Å²) in [6, 6.07) is 20.5. The van der Waals surface area contributed by atoms with Crippen LogP contribution in [0.15, 0.2) is 79.3 Å². The quantitative estimate of drug-likeness (QED) is 0.449. The number of thiazole rings is 1. The van der Waals surface area contributed by atoms with E-state index in [1.807, 2.05) is 48.9 Å². The van der Waals surface area contributed by atoms with E-state index >= 15 is 0 Å². The van der Waals surface area contributed by atoms with Crippen molar-refractivity contribution in [3.05, 3.63) is 90.5 Å². The normalized spacial score (nSPS) is 11.0. The van der Waals surface area contributed by atoms with Crippen LogP contribution in [0.1, 0.15) is 11.3 Å². The minimum atomic E-state index is 0.814. The topological polar surface area (TPSA) is 53.9 Å². The van der Waals surface area contributed by atoms with Crippen LogP contribution < -0.4 is 5.32 Å². The molecule has 4 rings (SSSR count). The van der Waals surface area contributed by atoms with Gasteiger partial charge in [0, 0.05) is 43.8 Å². The summed E-state index contributed by atoms with van der Waals surface area (Å²) in [6.07, 6.45) is 6.53. The van der Waals surface area contributed by atoms with E-state index in [1.54, 1.807) is 11.3 Å². The lowest BCUT2D eigenvalue weighted by Gasteiger charge is -2.16. The minimum absolute atomic E-state index is 0.814. The molecule has 0 saturated carbocycles. The molecule has 5 nitrogen and oxygen atoms in total. The fourth-order valence-corrected chi connectivity index (χ4v) is 3.89. The first-order valence-corrected chi connectivity index (χ1v) is 10.4. The van der Waals surface area contributed by atoms with Gasteiger partial charge in [0.25, 0.3) is 0 Å². The Hall–Kier alpha value is -3.09. The highest BCUT2D eigenvalue weighted by molar-refractivity contribution is 7.18. The minimum Gasteiger partial charge on any atom is -0.316 e. The number of nitrogens with zero attached hydrogens (tertiary/aromatic N) is 4. The van der Waals surface area contributed by atoms with Gasteiger partial charge in [-0.25, -0.2) is 9.97 Å². The summed E-state index contributed by atoms with van der Waals surface area (Å²) >= 11 is 1.63. The maximum Gasteiger partial charge on any atom is 0.188 e. The van der Waals surface area contributed by atoms with Gasteiger partial charge in [-0.3, -0.25) is 4.98 Å². The third-order valence-electron chi connectivity index (χ3n) is 4.55. The standard InChI is InChI=1S/C23H23N5S/c1-28(14-11-20-9-5-6-12-24-20)17-18-10-13-25-22(15-18)27-23-26-16-21(29-23)19-7-3-2-4-8-19/h2-10,12-13,15-16H,11,14,17H2,1H3,(H,25,26,27). The first-order valence-electron chi connectivity index (χ1n) is 9.58. The number of rotatable bonds is 8. The van der Waals surface area contributed by atoms with Gasteiger partial charge in [-0.2, -0.15) is 0 Å². The Labute approximate surface area is 175 Å². The average molecular weight is 402 g/mol. The Morgan fingerprint density at radius 1 is 0.931 bits per heavy atom. The van der Waals surface area contributed by atoms with Crippen molar-refractivity contribution in [1.82, 2.24) is 19.9 Å². The van der Waals surface area contributed by atoms with Crippen molar-refractivity contribution in [2.24, 2.45) is 0 Å². The Morgan fingerprint density at radius 3 is 2.62 bits per heavy atom. The molecule has 0 atom stereocenters. The number of nitrogens with one attached hydrogen (secondary N) is 1. The van der Waals surface area contributed by atoms with E-state index in [9.17, 15) is 0 Å². The zero-order chi connectivity index (χ0) is 19.9. The molecule has 1 aromatic carbocycles. The fourth-order valence-electron chi connectivity index (χ4n) is 3.06. The molecule has 4 aromatic rings. The Morgan fingerprint density at radius 2 is 1.79 bits per heavy atom. The molecule has 0 fully saturated rings. The molecular formula is C23H23N5S. The number of pyridine rings is 2. The first kappa shape index (κ1) is 19.2. The average Bonchev–Trinajstić information content (AvgIpc) is 3.22. The zero-order valence-corrected chi connectivity index (χ0v) is 17.1. The van der Waals surface area contributed by atoms with Crippen LogP contribution in [0.4, 0.5) is 10.9 Å². The van der Waals surface area contributed by atoms with Crippen molar-refractivity contribution >= 4 is 22.3 Å². The molecule has 0 aliphatic heterocycles. The molecule has 3 heterocycles. The predicted octanol–water partition coefficient (Wildman–Crippen LogP) is 5.02. The summed E-state index contributed by atoms with van der Waals surface area (Å²) in [5.74, 6) is 0.814. The molecule has 1 N–H and O–H groups in total. The third kappa shape index (κ3) is 5.47. The Bertz CT molecular complexity index is 1030. The Kier molecular flexibility index (Phi) is 6.24. The molecule has 0 saturated heterocycles. The summed E-state index contributed by atoms with van der Waals surface area (Å²) < 4.78 is 0. The molecule has 6 heteroatoms. The second kappa shape index (κ2) is 9.41. The van der Waals surface area contributed by atoms with Gasteiger partial charge in [0.15, 0.2) is 5.13 Å². The van der Waals surface area contributed by atoms with Gasteiger partial charge in [0.2, 0.25) is 0 Å². The van der Waals surface area contributed by atoms with Gasteiger partial charge in [-0.1, -0.05) is 47.7 Å². The van der Waals surface area contributed by atoms with E-state index in [2.05, 4.69) is 62.5 Å². The SMILES string of the molecule is CN(CCc1ccccn1)Cc1ccnc(Nc2ncc(-c3ccccc3)s2)c1. The van der Waals surface area contributed by atoms with E-state index in [0.717, 1.165) is 41.0 Å². The monoisotopic (exact) mass is 401 g/mol. The van der Waals surface area contributed by atoms with Crippen LogP contribution in [0.3, 0.4) is 0 Å². The van der Waals surface area contributed by atoms with Crippen LogP contribution in [-0.4, -0.2) is 33.4 Å². The van der Waals surface area contributed by atoms with Gasteiger partial charge in [0.05, 0.1) is 4.88 Å². The number of anilines is 2. The van der Waals surface area contributed by atoms with E-state index in [0.29, 0.717) is 0 Å². The molecule has 0 aliphatic rings. The summed E-state index contributed by atoms with van der Waals surface area (Å²) in [5, 5.41) is 4.18. The predicted molar refractivity (Wildman–Crippen MR) is 119 cm³/mol. The van der Waals surface area contributed by atoms with Gasteiger partial charge < -0.3 is 10.2 Å². The maximum absolute atomic E-state index is 4.49. The van der Waals surface area contributed by atoms with Crippen molar-refractivity contribution in [2.45, 2.75) is 13.0 Å². The van der Waals surface area contributed by atoms with E-state index in [4.69, 9.17) is 0 Å². The van der Waals surface area contributed by atoms with Crippen molar-refractivity contribution < 1.29 is 0 Å². The van der Waals surface area contributed by atoms with Crippen molar-refractivity contribution in [3.8, 4) is 10.4 Å². The molecule has 0 unspecified atom stereocenters. The van der Waals surface area contributed by atoms with Crippen LogP contribution in [0.25, 0.3) is 10.4 Å². The number of aromatic nitrogens is 3. The molecule has 3 aromatic heterocycles. The lowest BCUT2D eigenvalue weighted by molar-refractivity contribution is 0.330. The maximum atomic E-state index is 4.49. The summed E-state index contributed by atoms with van der Waals surface area (Å²) in [7, 11) is 2.13. The highest BCUT2D eigenvalue weighted by atomic mass is 32.1. The highest BCUT2D eigenvalue weighted by Crippen LogP contribution is 2.30. The molecule has 146 valence electrons. The van der Waals surface area contributed by atoms with Gasteiger partial charge in [-0.05, 0) is 42.4 Å². The second-order valence-electron chi connectivity index (χ2n) is 6.88. The summed E-state index contributed by atoms with van der Waals surface area (Å²) in [4.78, 5) is 16.8. The smallest absolute Gasteiger partial charge is 0.188 e. The molecular weight excluding hydrogens is 378 g/mol. The largest absolute Gasteiger partial charge is 0.316 e. The molecule has 0 aliphatic carbocycles. The zero-order valence-electron chi connectivity index (χ0n) is 16.3.